The fourth-order valence-electron chi connectivity index (χ4n) is 3.24. The number of halogens is 1. The van der Waals surface area contributed by atoms with Gasteiger partial charge >= 0.3 is 6.03 Å². The van der Waals surface area contributed by atoms with Crippen LogP contribution in [0.5, 0.6) is 0 Å². The average molecular weight is 376 g/mol. The predicted octanol–water partition coefficient (Wildman–Crippen LogP) is 3.98. The molecule has 1 aromatic heterocycles. The highest BCUT2D eigenvalue weighted by molar-refractivity contribution is 6.34. The lowest BCUT2D eigenvalue weighted by Gasteiger charge is -2.32. The van der Waals surface area contributed by atoms with Gasteiger partial charge in [-0.05, 0) is 56.0 Å². The summed E-state index contributed by atoms with van der Waals surface area (Å²) in [5.41, 5.74) is 2.55. The Morgan fingerprint density at radius 3 is 2.81 bits per heavy atom. The number of nitrogens with zero attached hydrogens (tertiary/aromatic N) is 1. The van der Waals surface area contributed by atoms with Gasteiger partial charge in [-0.25, -0.2) is 4.79 Å². The summed E-state index contributed by atoms with van der Waals surface area (Å²) in [7, 11) is 0. The predicted molar refractivity (Wildman–Crippen MR) is 101 cm³/mol. The van der Waals surface area contributed by atoms with Crippen molar-refractivity contribution in [2.45, 2.75) is 32.7 Å². The van der Waals surface area contributed by atoms with Crippen molar-refractivity contribution in [2.24, 2.45) is 0 Å². The Balaban J connectivity index is 1.60. The molecule has 0 bridgehead atoms. The molecule has 0 saturated carbocycles. The van der Waals surface area contributed by atoms with E-state index in [1.165, 1.54) is 6.26 Å². The van der Waals surface area contributed by atoms with Crippen molar-refractivity contribution >= 4 is 29.2 Å². The fraction of sp³-hybridized carbons (Fsp3) is 0.368. The average Bonchev–Trinajstić information content (AvgIpc) is 3.12. The largest absolute Gasteiger partial charge is 0.459 e. The molecule has 26 heavy (non-hydrogen) atoms. The molecule has 0 spiro atoms. The highest BCUT2D eigenvalue weighted by Gasteiger charge is 2.27. The van der Waals surface area contributed by atoms with Crippen LogP contribution in [0.1, 0.15) is 34.5 Å². The van der Waals surface area contributed by atoms with Crippen molar-refractivity contribution in [1.82, 2.24) is 10.2 Å². The van der Waals surface area contributed by atoms with Gasteiger partial charge in [0.25, 0.3) is 5.91 Å². The van der Waals surface area contributed by atoms with Gasteiger partial charge in [0.1, 0.15) is 0 Å². The number of aryl methyl sites for hydroxylation is 2. The van der Waals surface area contributed by atoms with Crippen LogP contribution in [-0.4, -0.2) is 36.0 Å². The van der Waals surface area contributed by atoms with Gasteiger partial charge in [-0.15, -0.1) is 0 Å². The van der Waals surface area contributed by atoms with Gasteiger partial charge in [0, 0.05) is 19.1 Å². The van der Waals surface area contributed by atoms with Gasteiger partial charge in [-0.3, -0.25) is 4.79 Å². The number of carbonyl (C=O) groups is 2. The number of anilines is 1. The molecular formula is C19H22ClN3O3. The quantitative estimate of drug-likeness (QED) is 0.852. The second kappa shape index (κ2) is 7.83. The SMILES string of the molecule is Cc1cc(C)c(NC(=O)N[C@H]2CCCN(C(=O)c3ccco3)C2)c(Cl)c1. The van der Waals surface area contributed by atoms with E-state index in [1.54, 1.807) is 17.0 Å². The fourth-order valence-corrected chi connectivity index (χ4v) is 3.61. The van der Waals surface area contributed by atoms with Crippen LogP contribution >= 0.6 is 11.6 Å². The van der Waals surface area contributed by atoms with Crippen molar-refractivity contribution in [3.8, 4) is 0 Å². The highest BCUT2D eigenvalue weighted by Crippen LogP contribution is 2.27. The number of hydrogen-bond acceptors (Lipinski definition) is 3. The van der Waals surface area contributed by atoms with E-state index < -0.39 is 0 Å². The molecule has 2 heterocycles. The minimum atomic E-state index is -0.323. The molecule has 0 aliphatic carbocycles. The van der Waals surface area contributed by atoms with Crippen LogP contribution in [0, 0.1) is 13.8 Å². The van der Waals surface area contributed by atoms with E-state index in [0.29, 0.717) is 29.6 Å². The van der Waals surface area contributed by atoms with E-state index >= 15 is 0 Å². The van der Waals surface area contributed by atoms with Crippen LogP contribution in [0.3, 0.4) is 0 Å². The maximum Gasteiger partial charge on any atom is 0.319 e. The van der Waals surface area contributed by atoms with Crippen LogP contribution in [-0.2, 0) is 0 Å². The Bertz CT molecular complexity index is 781. The summed E-state index contributed by atoms with van der Waals surface area (Å²) in [4.78, 5) is 26.5. The number of piperidine rings is 1. The number of furan rings is 1. The number of hydrogen-bond donors (Lipinski definition) is 2. The summed E-state index contributed by atoms with van der Waals surface area (Å²) in [6.07, 6.45) is 3.12. The zero-order chi connectivity index (χ0) is 18.7. The number of amides is 3. The van der Waals surface area contributed by atoms with Crippen molar-refractivity contribution in [2.75, 3.05) is 18.4 Å². The molecule has 1 aromatic carbocycles. The van der Waals surface area contributed by atoms with E-state index in [4.69, 9.17) is 16.0 Å². The Morgan fingerprint density at radius 1 is 1.31 bits per heavy atom. The van der Waals surface area contributed by atoms with Gasteiger partial charge in [0.05, 0.1) is 17.0 Å². The number of benzene rings is 1. The van der Waals surface area contributed by atoms with Crippen molar-refractivity contribution in [3.05, 3.63) is 52.4 Å². The maximum atomic E-state index is 12.4. The molecular weight excluding hydrogens is 354 g/mol. The Hall–Kier alpha value is -2.47. The molecule has 3 rings (SSSR count). The zero-order valence-corrected chi connectivity index (χ0v) is 15.6. The smallest absolute Gasteiger partial charge is 0.319 e. The third-order valence-electron chi connectivity index (χ3n) is 4.45. The van der Waals surface area contributed by atoms with Crippen LogP contribution in [0.25, 0.3) is 0 Å². The molecule has 6 nitrogen and oxygen atoms in total. The molecule has 138 valence electrons. The highest BCUT2D eigenvalue weighted by atomic mass is 35.5. The van der Waals surface area contributed by atoms with Crippen molar-refractivity contribution in [3.63, 3.8) is 0 Å². The Kier molecular flexibility index (Phi) is 5.52. The molecule has 1 aliphatic rings. The number of likely N-dealkylation sites (tertiary alicyclic amines) is 1. The standard InChI is InChI=1S/C19H22ClN3O3/c1-12-9-13(2)17(15(20)10-12)22-19(25)21-14-5-3-7-23(11-14)18(24)16-6-4-8-26-16/h4,6,8-10,14H,3,5,7,11H2,1-2H3,(H2,21,22,25)/t14-/m0/s1. The first-order valence-corrected chi connectivity index (χ1v) is 8.99. The Morgan fingerprint density at radius 2 is 2.12 bits per heavy atom. The summed E-state index contributed by atoms with van der Waals surface area (Å²) in [6, 6.07) is 6.67. The third kappa shape index (κ3) is 4.19. The number of rotatable bonds is 3. The lowest BCUT2D eigenvalue weighted by molar-refractivity contribution is 0.0666. The molecule has 1 atom stereocenters. The van der Waals surface area contributed by atoms with Gasteiger partial charge in [-0.1, -0.05) is 17.7 Å². The summed E-state index contributed by atoms with van der Waals surface area (Å²) >= 11 is 6.24. The topological polar surface area (TPSA) is 74.6 Å². The molecule has 3 amide bonds. The van der Waals surface area contributed by atoms with E-state index in [1.807, 2.05) is 26.0 Å². The minimum absolute atomic E-state index is 0.118. The van der Waals surface area contributed by atoms with E-state index in [0.717, 1.165) is 24.0 Å². The first-order valence-electron chi connectivity index (χ1n) is 8.61. The maximum absolute atomic E-state index is 12.4. The van der Waals surface area contributed by atoms with Gasteiger partial charge < -0.3 is 20.0 Å². The summed E-state index contributed by atoms with van der Waals surface area (Å²) in [5.74, 6) is 0.163. The minimum Gasteiger partial charge on any atom is -0.459 e. The number of nitrogens with one attached hydrogen (secondary N) is 2. The molecule has 2 N–H and O–H groups in total. The van der Waals surface area contributed by atoms with Gasteiger partial charge in [0.15, 0.2) is 5.76 Å². The first kappa shape index (κ1) is 18.3. The normalized spacial score (nSPS) is 17.0. The van der Waals surface area contributed by atoms with E-state index in [9.17, 15) is 9.59 Å². The monoisotopic (exact) mass is 375 g/mol. The van der Waals surface area contributed by atoms with Crippen molar-refractivity contribution < 1.29 is 14.0 Å². The third-order valence-corrected chi connectivity index (χ3v) is 4.74. The number of urea groups is 1. The molecule has 1 fully saturated rings. The zero-order valence-electron chi connectivity index (χ0n) is 14.8. The van der Waals surface area contributed by atoms with E-state index in [-0.39, 0.29) is 18.0 Å². The summed E-state index contributed by atoms with van der Waals surface area (Å²) in [6.45, 7) is 4.96. The Labute approximate surface area is 157 Å². The van der Waals surface area contributed by atoms with Crippen LogP contribution in [0.15, 0.2) is 34.9 Å². The molecule has 7 heteroatoms. The lowest BCUT2D eigenvalue weighted by Crippen LogP contribution is -2.50. The summed E-state index contributed by atoms with van der Waals surface area (Å²) in [5, 5.41) is 6.26. The molecule has 0 radical (unpaired) electrons. The van der Waals surface area contributed by atoms with E-state index in [2.05, 4.69) is 10.6 Å². The second-order valence-electron chi connectivity index (χ2n) is 6.60. The summed E-state index contributed by atoms with van der Waals surface area (Å²) < 4.78 is 5.17. The molecule has 2 aromatic rings. The van der Waals surface area contributed by atoms with Gasteiger partial charge in [-0.2, -0.15) is 0 Å². The molecule has 1 aliphatic heterocycles. The number of carbonyl (C=O) groups excluding carboxylic acids is 2. The molecule has 0 unspecified atom stereocenters. The molecule has 1 saturated heterocycles. The van der Waals surface area contributed by atoms with Crippen molar-refractivity contribution in [1.29, 1.82) is 0 Å². The van der Waals surface area contributed by atoms with Crippen LogP contribution in [0.2, 0.25) is 5.02 Å². The van der Waals surface area contributed by atoms with Crippen LogP contribution < -0.4 is 10.6 Å². The first-order chi connectivity index (χ1) is 12.4. The second-order valence-corrected chi connectivity index (χ2v) is 7.01. The van der Waals surface area contributed by atoms with Crippen LogP contribution in [0.4, 0.5) is 10.5 Å². The van der Waals surface area contributed by atoms with Gasteiger partial charge in [0.2, 0.25) is 0 Å². The lowest BCUT2D eigenvalue weighted by atomic mass is 10.1.